The van der Waals surface area contributed by atoms with Gasteiger partial charge < -0.3 is 4.57 Å². The van der Waals surface area contributed by atoms with E-state index in [1.165, 1.54) is 18.2 Å². The molecule has 1 aliphatic rings. The summed E-state index contributed by atoms with van der Waals surface area (Å²) in [6, 6.07) is 18.2. The Hall–Kier alpha value is -3.42. The normalized spacial score (nSPS) is 15.1. The summed E-state index contributed by atoms with van der Waals surface area (Å²) in [4.78, 5) is 27.2. The Morgan fingerprint density at radius 1 is 0.943 bits per heavy atom. The second-order valence-corrected chi connectivity index (χ2v) is 9.60. The molecule has 2 heterocycles. The molecule has 0 spiro atoms. The summed E-state index contributed by atoms with van der Waals surface area (Å²) in [6.45, 7) is 2.20. The van der Waals surface area contributed by atoms with Crippen LogP contribution in [0.5, 0.6) is 0 Å². The maximum atomic E-state index is 14.4. The van der Waals surface area contributed by atoms with Gasteiger partial charge in [0.05, 0.1) is 18.0 Å². The number of carbonyl (C=O) groups excluding carboxylic acids is 2. The van der Waals surface area contributed by atoms with Gasteiger partial charge in [0.25, 0.3) is 11.1 Å². The third kappa shape index (κ3) is 4.37. The average molecular weight is 509 g/mol. The highest BCUT2D eigenvalue weighted by Crippen LogP contribution is 2.37. The van der Waals surface area contributed by atoms with Crippen molar-refractivity contribution in [2.45, 2.75) is 20.0 Å². The number of amides is 2. The summed E-state index contributed by atoms with van der Waals surface area (Å²) in [5, 5.41) is 0.629. The predicted molar refractivity (Wildman–Crippen MR) is 135 cm³/mol. The molecule has 1 fully saturated rings. The van der Waals surface area contributed by atoms with Crippen molar-refractivity contribution in [3.8, 4) is 0 Å². The highest BCUT2D eigenvalue weighted by atomic mass is 35.5. The summed E-state index contributed by atoms with van der Waals surface area (Å²) in [6.07, 6.45) is 1.71. The van der Waals surface area contributed by atoms with E-state index in [0.29, 0.717) is 17.7 Å². The Kier molecular flexibility index (Phi) is 6.21. The molecular formula is C27H19ClF2N2O2S. The number of aromatic nitrogens is 1. The van der Waals surface area contributed by atoms with E-state index in [9.17, 15) is 18.4 Å². The van der Waals surface area contributed by atoms with Gasteiger partial charge in [-0.3, -0.25) is 14.5 Å². The molecule has 0 bridgehead atoms. The number of hydrogen-bond acceptors (Lipinski definition) is 3. The highest BCUT2D eigenvalue weighted by molar-refractivity contribution is 8.18. The predicted octanol–water partition coefficient (Wildman–Crippen LogP) is 7.17. The monoisotopic (exact) mass is 508 g/mol. The first kappa shape index (κ1) is 23.3. The standard InChI is InChI=1S/C27H19ClF2N2O2S/c1-16-21(20-7-3-5-9-24(20)31(16)15-18-6-2-4-8-23(18)30)13-25-26(33)32(27(34)35-25)14-17-10-11-19(29)12-22(17)28/h2-13H,14-15H2,1H3/b25-13+. The van der Waals surface area contributed by atoms with Gasteiger partial charge in [0.15, 0.2) is 0 Å². The van der Waals surface area contributed by atoms with E-state index in [1.54, 1.807) is 24.3 Å². The Bertz CT molecular complexity index is 1530. The van der Waals surface area contributed by atoms with E-state index < -0.39 is 17.0 Å². The van der Waals surface area contributed by atoms with E-state index in [4.69, 9.17) is 11.6 Å². The fourth-order valence-corrected chi connectivity index (χ4v) is 5.28. The van der Waals surface area contributed by atoms with Crippen molar-refractivity contribution in [1.29, 1.82) is 0 Å². The van der Waals surface area contributed by atoms with Gasteiger partial charge in [0, 0.05) is 32.7 Å². The van der Waals surface area contributed by atoms with Crippen LogP contribution in [0.4, 0.5) is 13.6 Å². The number of benzene rings is 3. The number of para-hydroxylation sites is 1. The maximum absolute atomic E-state index is 14.4. The number of fused-ring (bicyclic) bond motifs is 1. The van der Waals surface area contributed by atoms with Crippen LogP contribution >= 0.6 is 23.4 Å². The maximum Gasteiger partial charge on any atom is 0.293 e. The van der Waals surface area contributed by atoms with Crippen molar-refractivity contribution in [2.24, 2.45) is 0 Å². The zero-order valence-electron chi connectivity index (χ0n) is 18.6. The minimum atomic E-state index is -0.491. The molecule has 1 aliphatic heterocycles. The Balaban J connectivity index is 1.51. The molecule has 2 amide bonds. The number of carbonyl (C=O) groups is 2. The summed E-state index contributed by atoms with van der Waals surface area (Å²) < 4.78 is 29.7. The molecule has 0 N–H and O–H groups in total. The Morgan fingerprint density at radius 3 is 2.46 bits per heavy atom. The largest absolute Gasteiger partial charge is 0.340 e. The van der Waals surface area contributed by atoms with Crippen LogP contribution in [0.25, 0.3) is 17.0 Å². The van der Waals surface area contributed by atoms with Gasteiger partial charge in [-0.2, -0.15) is 0 Å². The van der Waals surface area contributed by atoms with Crippen molar-refractivity contribution in [1.82, 2.24) is 9.47 Å². The van der Waals surface area contributed by atoms with Crippen LogP contribution in [0, 0.1) is 18.6 Å². The van der Waals surface area contributed by atoms with Crippen LogP contribution in [0.15, 0.2) is 71.6 Å². The molecule has 0 unspecified atom stereocenters. The lowest BCUT2D eigenvalue weighted by Crippen LogP contribution is -2.27. The second-order valence-electron chi connectivity index (χ2n) is 8.20. The zero-order valence-corrected chi connectivity index (χ0v) is 20.2. The molecule has 1 saturated heterocycles. The summed E-state index contributed by atoms with van der Waals surface area (Å²) >= 11 is 6.95. The molecular weight excluding hydrogens is 490 g/mol. The van der Waals surface area contributed by atoms with Gasteiger partial charge in [-0.25, -0.2) is 8.78 Å². The number of rotatable bonds is 5. The number of hydrogen-bond donors (Lipinski definition) is 0. The van der Waals surface area contributed by atoms with Gasteiger partial charge in [0.1, 0.15) is 11.6 Å². The fraction of sp³-hybridized carbons (Fsp3) is 0.111. The average Bonchev–Trinajstić information content (AvgIpc) is 3.25. The summed E-state index contributed by atoms with van der Waals surface area (Å²) in [7, 11) is 0. The van der Waals surface area contributed by atoms with Crippen LogP contribution in [-0.4, -0.2) is 20.6 Å². The first-order valence-electron chi connectivity index (χ1n) is 10.8. The lowest BCUT2D eigenvalue weighted by atomic mass is 10.1. The Morgan fingerprint density at radius 2 is 1.69 bits per heavy atom. The quantitative estimate of drug-likeness (QED) is 0.268. The molecule has 4 aromatic rings. The van der Waals surface area contributed by atoms with E-state index in [-0.39, 0.29) is 22.3 Å². The van der Waals surface area contributed by atoms with E-state index in [0.717, 1.165) is 44.9 Å². The molecule has 4 nitrogen and oxygen atoms in total. The summed E-state index contributed by atoms with van der Waals surface area (Å²) in [5.74, 6) is -1.22. The van der Waals surface area contributed by atoms with Gasteiger partial charge >= 0.3 is 0 Å². The first-order valence-corrected chi connectivity index (χ1v) is 12.0. The van der Waals surface area contributed by atoms with Crippen molar-refractivity contribution in [3.05, 3.63) is 111 Å². The second kappa shape index (κ2) is 9.32. The molecule has 176 valence electrons. The van der Waals surface area contributed by atoms with E-state index >= 15 is 0 Å². The van der Waals surface area contributed by atoms with Crippen LogP contribution in [0.1, 0.15) is 22.4 Å². The van der Waals surface area contributed by atoms with Crippen molar-refractivity contribution in [2.75, 3.05) is 0 Å². The van der Waals surface area contributed by atoms with Crippen LogP contribution in [0.3, 0.4) is 0 Å². The van der Waals surface area contributed by atoms with Crippen molar-refractivity contribution in [3.63, 3.8) is 0 Å². The van der Waals surface area contributed by atoms with Gasteiger partial charge in [-0.05, 0) is 54.6 Å². The third-order valence-corrected chi connectivity index (χ3v) is 7.32. The number of nitrogens with zero attached hydrogens (tertiary/aromatic N) is 2. The zero-order chi connectivity index (χ0) is 24.7. The molecule has 3 aromatic carbocycles. The van der Waals surface area contributed by atoms with Gasteiger partial charge in [-0.15, -0.1) is 0 Å². The van der Waals surface area contributed by atoms with E-state index in [2.05, 4.69) is 0 Å². The highest BCUT2D eigenvalue weighted by Gasteiger charge is 2.35. The Labute approximate surface area is 209 Å². The van der Waals surface area contributed by atoms with Gasteiger partial charge in [-0.1, -0.05) is 54.1 Å². The van der Waals surface area contributed by atoms with Gasteiger partial charge in [0.2, 0.25) is 0 Å². The molecule has 0 atom stereocenters. The van der Waals surface area contributed by atoms with Crippen LogP contribution < -0.4 is 0 Å². The number of thioether (sulfide) groups is 1. The fourth-order valence-electron chi connectivity index (χ4n) is 4.23. The lowest BCUT2D eigenvalue weighted by Gasteiger charge is -2.13. The number of imide groups is 1. The topological polar surface area (TPSA) is 42.3 Å². The van der Waals surface area contributed by atoms with Crippen LogP contribution in [-0.2, 0) is 17.9 Å². The van der Waals surface area contributed by atoms with E-state index in [1.807, 2.05) is 35.8 Å². The molecule has 8 heteroatoms. The number of halogens is 3. The minimum absolute atomic E-state index is 0.0465. The SMILES string of the molecule is Cc1c(/C=C2/SC(=O)N(Cc3ccc(F)cc3Cl)C2=O)c2ccccc2n1Cc1ccccc1F. The molecule has 0 aliphatic carbocycles. The summed E-state index contributed by atoms with van der Waals surface area (Å²) in [5.41, 5.74) is 3.58. The third-order valence-electron chi connectivity index (χ3n) is 6.06. The minimum Gasteiger partial charge on any atom is -0.340 e. The van der Waals surface area contributed by atoms with Crippen molar-refractivity contribution < 1.29 is 18.4 Å². The van der Waals surface area contributed by atoms with Crippen LogP contribution in [0.2, 0.25) is 5.02 Å². The first-order chi connectivity index (χ1) is 16.8. The molecule has 0 saturated carbocycles. The molecule has 1 aromatic heterocycles. The van der Waals surface area contributed by atoms with Crippen molar-refractivity contribution >= 4 is 51.5 Å². The molecule has 0 radical (unpaired) electrons. The smallest absolute Gasteiger partial charge is 0.293 e. The lowest BCUT2D eigenvalue weighted by molar-refractivity contribution is -0.123. The molecule has 35 heavy (non-hydrogen) atoms. The molecule has 5 rings (SSSR count).